The Kier molecular flexibility index (Phi) is 1.39. The molecule has 1 atom stereocenters. The van der Waals surface area contributed by atoms with E-state index in [-0.39, 0.29) is 11.9 Å². The smallest absolute Gasteiger partial charge is 0.251 e. The van der Waals surface area contributed by atoms with Crippen LogP contribution in [-0.2, 0) is 4.79 Å². The Bertz CT molecular complexity index is 224. The van der Waals surface area contributed by atoms with Gasteiger partial charge in [0.1, 0.15) is 6.04 Å². The fourth-order valence-electron chi connectivity index (χ4n) is 1.30. The summed E-state index contributed by atoms with van der Waals surface area (Å²) in [6.45, 7) is 1.84. The van der Waals surface area contributed by atoms with Crippen molar-refractivity contribution in [3.63, 3.8) is 0 Å². The van der Waals surface area contributed by atoms with E-state index in [1.165, 1.54) is 0 Å². The van der Waals surface area contributed by atoms with Crippen LogP contribution >= 0.6 is 12.2 Å². The molecule has 3 nitrogen and oxygen atoms in total. The van der Waals surface area contributed by atoms with Crippen molar-refractivity contribution in [2.75, 3.05) is 0 Å². The van der Waals surface area contributed by atoms with Gasteiger partial charge in [-0.25, -0.2) is 0 Å². The summed E-state index contributed by atoms with van der Waals surface area (Å²) < 4.78 is 0. The lowest BCUT2D eigenvalue weighted by Gasteiger charge is -2.12. The maximum Gasteiger partial charge on any atom is 0.251 e. The number of hydrogen-bond donors (Lipinski definition) is 1. The molecular formula is C7H10N2OS. The third kappa shape index (κ3) is 1.01. The van der Waals surface area contributed by atoms with Gasteiger partial charge in [-0.3, -0.25) is 9.69 Å². The first-order valence-corrected chi connectivity index (χ1v) is 4.24. The van der Waals surface area contributed by atoms with E-state index >= 15 is 0 Å². The van der Waals surface area contributed by atoms with Crippen LogP contribution in [0.2, 0.25) is 0 Å². The summed E-state index contributed by atoms with van der Waals surface area (Å²) in [6.07, 6.45) is 2.22. The van der Waals surface area contributed by atoms with Crippen LogP contribution in [0.4, 0.5) is 0 Å². The van der Waals surface area contributed by atoms with E-state index in [4.69, 9.17) is 12.2 Å². The van der Waals surface area contributed by atoms with Crippen LogP contribution in [0.15, 0.2) is 0 Å². The quantitative estimate of drug-likeness (QED) is 0.573. The zero-order valence-corrected chi connectivity index (χ0v) is 7.15. The van der Waals surface area contributed by atoms with Gasteiger partial charge in [-0.05, 0) is 32.0 Å². The van der Waals surface area contributed by atoms with Crippen LogP contribution in [0, 0.1) is 0 Å². The second-order valence-corrected chi connectivity index (χ2v) is 3.50. The molecule has 2 rings (SSSR count). The summed E-state index contributed by atoms with van der Waals surface area (Å²) in [6, 6.07) is 0.301. The van der Waals surface area contributed by atoms with Crippen molar-refractivity contribution in [1.29, 1.82) is 0 Å². The van der Waals surface area contributed by atoms with Gasteiger partial charge < -0.3 is 5.32 Å². The van der Waals surface area contributed by atoms with Gasteiger partial charge in [-0.1, -0.05) is 0 Å². The van der Waals surface area contributed by atoms with Crippen molar-refractivity contribution in [3.8, 4) is 0 Å². The minimum Gasteiger partial charge on any atom is -0.351 e. The molecule has 1 heterocycles. The van der Waals surface area contributed by atoms with E-state index in [0.717, 1.165) is 12.8 Å². The van der Waals surface area contributed by atoms with Gasteiger partial charge in [0.05, 0.1) is 0 Å². The number of carbonyl (C=O) groups is 1. The van der Waals surface area contributed by atoms with E-state index in [1.807, 2.05) is 6.92 Å². The van der Waals surface area contributed by atoms with E-state index in [0.29, 0.717) is 11.2 Å². The number of thiocarbonyl (C=S) groups is 1. The number of amides is 1. The van der Waals surface area contributed by atoms with Gasteiger partial charge in [0, 0.05) is 6.04 Å². The molecule has 0 aromatic rings. The molecule has 0 spiro atoms. The molecule has 2 aliphatic rings. The molecule has 0 radical (unpaired) electrons. The highest BCUT2D eigenvalue weighted by Crippen LogP contribution is 2.29. The molecule has 1 saturated carbocycles. The Labute approximate surface area is 70.7 Å². The fourth-order valence-corrected chi connectivity index (χ4v) is 1.72. The van der Waals surface area contributed by atoms with E-state index in [1.54, 1.807) is 4.90 Å². The molecule has 0 aromatic heterocycles. The van der Waals surface area contributed by atoms with Crippen LogP contribution < -0.4 is 5.32 Å². The highest BCUT2D eigenvalue weighted by Gasteiger charge is 2.41. The van der Waals surface area contributed by atoms with Gasteiger partial charge in [0.2, 0.25) is 0 Å². The average molecular weight is 170 g/mol. The van der Waals surface area contributed by atoms with Gasteiger partial charge in [-0.2, -0.15) is 0 Å². The topological polar surface area (TPSA) is 32.3 Å². The zero-order valence-electron chi connectivity index (χ0n) is 6.33. The van der Waals surface area contributed by atoms with E-state index in [9.17, 15) is 4.79 Å². The Morgan fingerprint density at radius 3 is 2.64 bits per heavy atom. The molecule has 1 saturated heterocycles. The van der Waals surface area contributed by atoms with Crippen molar-refractivity contribution in [3.05, 3.63) is 0 Å². The Morgan fingerprint density at radius 1 is 1.64 bits per heavy atom. The molecule has 60 valence electrons. The minimum absolute atomic E-state index is 0.108. The summed E-state index contributed by atoms with van der Waals surface area (Å²) in [4.78, 5) is 13.1. The first-order valence-electron chi connectivity index (χ1n) is 3.83. The molecule has 4 heteroatoms. The standard InChI is InChI=1S/C7H10N2OS/c1-4-6(10)9(5-2-3-5)7(11)8-4/h4-5H,2-3H2,1H3,(H,8,11)/t4-/m1/s1. The Morgan fingerprint density at radius 2 is 2.27 bits per heavy atom. The first-order chi connectivity index (χ1) is 5.20. The Balaban J connectivity index is 2.17. The van der Waals surface area contributed by atoms with Crippen LogP contribution in [0.3, 0.4) is 0 Å². The van der Waals surface area contributed by atoms with Crippen LogP contribution in [0.1, 0.15) is 19.8 Å². The average Bonchev–Trinajstić information content (AvgIpc) is 2.68. The Hall–Kier alpha value is -0.640. The zero-order chi connectivity index (χ0) is 8.01. The largest absolute Gasteiger partial charge is 0.351 e. The molecule has 0 unspecified atom stereocenters. The monoisotopic (exact) mass is 170 g/mol. The van der Waals surface area contributed by atoms with Crippen LogP contribution in [-0.4, -0.2) is 28.0 Å². The summed E-state index contributed by atoms with van der Waals surface area (Å²) in [5, 5.41) is 3.56. The summed E-state index contributed by atoms with van der Waals surface area (Å²) in [5.74, 6) is 0.137. The van der Waals surface area contributed by atoms with Crippen molar-refractivity contribution in [1.82, 2.24) is 10.2 Å². The molecule has 2 fully saturated rings. The maximum absolute atomic E-state index is 11.4. The normalized spacial score (nSPS) is 31.0. The summed E-state index contributed by atoms with van der Waals surface area (Å²) in [5.41, 5.74) is 0. The molecule has 1 aliphatic carbocycles. The molecule has 1 N–H and O–H groups in total. The molecular weight excluding hydrogens is 160 g/mol. The van der Waals surface area contributed by atoms with Crippen molar-refractivity contribution in [2.45, 2.75) is 31.8 Å². The first kappa shape index (κ1) is 7.03. The van der Waals surface area contributed by atoms with Gasteiger partial charge in [-0.15, -0.1) is 0 Å². The predicted octanol–water partition coefficient (Wildman–Crippen LogP) is 0.254. The highest BCUT2D eigenvalue weighted by atomic mass is 32.1. The third-order valence-electron chi connectivity index (χ3n) is 2.08. The van der Waals surface area contributed by atoms with Crippen molar-refractivity contribution in [2.24, 2.45) is 0 Å². The predicted molar refractivity (Wildman–Crippen MR) is 45.1 cm³/mol. The van der Waals surface area contributed by atoms with Crippen LogP contribution in [0.25, 0.3) is 0 Å². The second kappa shape index (κ2) is 2.17. The lowest BCUT2D eigenvalue weighted by atomic mass is 10.3. The van der Waals surface area contributed by atoms with Gasteiger partial charge >= 0.3 is 0 Å². The van der Waals surface area contributed by atoms with E-state index in [2.05, 4.69) is 5.32 Å². The van der Waals surface area contributed by atoms with E-state index < -0.39 is 0 Å². The van der Waals surface area contributed by atoms with Crippen molar-refractivity contribution >= 4 is 23.2 Å². The number of rotatable bonds is 1. The minimum atomic E-state index is -0.108. The molecule has 0 aromatic carbocycles. The number of hydrogen-bond acceptors (Lipinski definition) is 2. The maximum atomic E-state index is 11.4. The SMILES string of the molecule is C[C@H]1NC(=S)N(C2CC2)C1=O. The molecule has 1 amide bonds. The number of nitrogens with zero attached hydrogens (tertiary/aromatic N) is 1. The second-order valence-electron chi connectivity index (χ2n) is 3.11. The molecule has 11 heavy (non-hydrogen) atoms. The van der Waals surface area contributed by atoms with Gasteiger partial charge in [0.25, 0.3) is 5.91 Å². The number of carbonyl (C=O) groups excluding carboxylic acids is 1. The van der Waals surface area contributed by atoms with Crippen molar-refractivity contribution < 1.29 is 4.79 Å². The van der Waals surface area contributed by atoms with Gasteiger partial charge in [0.15, 0.2) is 5.11 Å². The fraction of sp³-hybridized carbons (Fsp3) is 0.714. The summed E-state index contributed by atoms with van der Waals surface area (Å²) >= 11 is 5.00. The lowest BCUT2D eigenvalue weighted by molar-refractivity contribution is -0.127. The lowest BCUT2D eigenvalue weighted by Crippen LogP contribution is -2.32. The molecule has 1 aliphatic heterocycles. The third-order valence-corrected chi connectivity index (χ3v) is 2.39. The summed E-state index contributed by atoms with van der Waals surface area (Å²) in [7, 11) is 0. The van der Waals surface area contributed by atoms with Crippen LogP contribution in [0.5, 0.6) is 0 Å². The molecule has 0 bridgehead atoms. The highest BCUT2D eigenvalue weighted by molar-refractivity contribution is 7.80. The number of nitrogens with one attached hydrogen (secondary N) is 1.